The highest BCUT2D eigenvalue weighted by molar-refractivity contribution is 5.77. The molecule has 2 aromatic heterocycles. The van der Waals surface area contributed by atoms with Gasteiger partial charge in [0.05, 0.1) is 32.1 Å². The van der Waals surface area contributed by atoms with E-state index in [1.807, 2.05) is 0 Å². The predicted octanol–water partition coefficient (Wildman–Crippen LogP) is 0.608. The molecular formula is C16H20N4O5. The maximum atomic E-state index is 12.7. The Kier molecular flexibility index (Phi) is 5.13. The van der Waals surface area contributed by atoms with Gasteiger partial charge in [0.1, 0.15) is 11.6 Å². The number of carbonyl (C=O) groups is 1. The number of aromatic amines is 1. The number of nitrogens with one attached hydrogen (secondary N) is 1. The number of ether oxygens (including phenoxy) is 2. The minimum absolute atomic E-state index is 0.0524. The Morgan fingerprint density at radius 1 is 1.48 bits per heavy atom. The second-order valence-corrected chi connectivity index (χ2v) is 5.77. The number of nitrogens with zero attached hydrogens (tertiary/aromatic N) is 3. The van der Waals surface area contributed by atoms with E-state index in [4.69, 9.17) is 14.0 Å². The van der Waals surface area contributed by atoms with Crippen LogP contribution in [-0.2, 0) is 16.0 Å². The molecule has 25 heavy (non-hydrogen) atoms. The molecule has 1 fully saturated rings. The number of rotatable bonds is 5. The number of hydrogen-bond donors (Lipinski definition) is 1. The first kappa shape index (κ1) is 17.2. The van der Waals surface area contributed by atoms with Crippen molar-refractivity contribution in [2.24, 2.45) is 0 Å². The molecule has 1 atom stereocenters. The third-order valence-corrected chi connectivity index (χ3v) is 4.00. The van der Waals surface area contributed by atoms with Crippen molar-refractivity contribution in [3.63, 3.8) is 0 Å². The number of carbonyl (C=O) groups excluding carboxylic acids is 1. The molecule has 1 amide bonds. The van der Waals surface area contributed by atoms with Gasteiger partial charge in [0.2, 0.25) is 5.91 Å². The molecule has 3 heterocycles. The first-order valence-electron chi connectivity index (χ1n) is 8.01. The van der Waals surface area contributed by atoms with Crippen LogP contribution in [0.5, 0.6) is 5.88 Å². The molecule has 0 aromatic carbocycles. The van der Waals surface area contributed by atoms with Crippen molar-refractivity contribution in [2.45, 2.75) is 25.8 Å². The molecule has 1 saturated heterocycles. The van der Waals surface area contributed by atoms with Crippen LogP contribution in [0.15, 0.2) is 21.5 Å². The minimum Gasteiger partial charge on any atom is -0.479 e. The average Bonchev–Trinajstić information content (AvgIpc) is 3.07. The lowest BCUT2D eigenvalue weighted by molar-refractivity contribution is -0.140. The van der Waals surface area contributed by atoms with Gasteiger partial charge < -0.3 is 23.9 Å². The molecule has 0 unspecified atom stereocenters. The SMILES string of the molecule is COc1cc(CCC(=O)N2CCOC[C@H]2c2cc(=O)[nH]c(C)n2)on1. The summed E-state index contributed by atoms with van der Waals surface area (Å²) >= 11 is 0. The van der Waals surface area contributed by atoms with Gasteiger partial charge in [-0.3, -0.25) is 9.59 Å². The lowest BCUT2D eigenvalue weighted by Crippen LogP contribution is -2.44. The fraction of sp³-hybridized carbons (Fsp3) is 0.500. The van der Waals surface area contributed by atoms with Gasteiger partial charge in [0.25, 0.3) is 11.4 Å². The van der Waals surface area contributed by atoms with E-state index in [1.165, 1.54) is 13.2 Å². The van der Waals surface area contributed by atoms with Crippen LogP contribution in [0.25, 0.3) is 0 Å². The topological polar surface area (TPSA) is 111 Å². The standard InChI is InChI=1S/C16H20N4O5/c1-10-17-12(8-14(21)18-10)13-9-24-6-5-20(13)16(22)4-3-11-7-15(23-2)19-25-11/h7-8,13H,3-6,9H2,1-2H3,(H,17,18,21)/t13-/m0/s1. The highest BCUT2D eigenvalue weighted by Crippen LogP contribution is 2.23. The summed E-state index contributed by atoms with van der Waals surface area (Å²) in [6, 6.07) is 2.70. The maximum absolute atomic E-state index is 12.7. The molecule has 3 rings (SSSR count). The van der Waals surface area contributed by atoms with Crippen molar-refractivity contribution >= 4 is 5.91 Å². The molecule has 134 valence electrons. The van der Waals surface area contributed by atoms with Crippen molar-refractivity contribution in [1.29, 1.82) is 0 Å². The predicted molar refractivity (Wildman–Crippen MR) is 86.2 cm³/mol. The summed E-state index contributed by atoms with van der Waals surface area (Å²) in [4.78, 5) is 33.0. The fourth-order valence-corrected chi connectivity index (χ4v) is 2.80. The number of aromatic nitrogens is 3. The van der Waals surface area contributed by atoms with Crippen LogP contribution < -0.4 is 10.3 Å². The van der Waals surface area contributed by atoms with Gasteiger partial charge in [-0.05, 0) is 12.1 Å². The third kappa shape index (κ3) is 4.05. The number of aryl methyl sites for hydroxylation is 2. The van der Waals surface area contributed by atoms with Crippen molar-refractivity contribution in [3.05, 3.63) is 39.8 Å². The lowest BCUT2D eigenvalue weighted by atomic mass is 10.1. The van der Waals surface area contributed by atoms with E-state index in [0.29, 0.717) is 49.3 Å². The Morgan fingerprint density at radius 3 is 3.04 bits per heavy atom. The van der Waals surface area contributed by atoms with Gasteiger partial charge >= 0.3 is 0 Å². The molecule has 2 aromatic rings. The molecule has 1 aliphatic rings. The first-order chi connectivity index (χ1) is 12.1. The average molecular weight is 348 g/mol. The van der Waals surface area contributed by atoms with Crippen LogP contribution in [0.4, 0.5) is 0 Å². The Morgan fingerprint density at radius 2 is 2.32 bits per heavy atom. The van der Waals surface area contributed by atoms with E-state index in [1.54, 1.807) is 17.9 Å². The molecule has 9 nitrogen and oxygen atoms in total. The van der Waals surface area contributed by atoms with Crippen LogP contribution in [0.2, 0.25) is 0 Å². The number of hydrogen-bond acceptors (Lipinski definition) is 7. The second-order valence-electron chi connectivity index (χ2n) is 5.77. The van der Waals surface area contributed by atoms with Crippen molar-refractivity contribution in [1.82, 2.24) is 20.0 Å². The van der Waals surface area contributed by atoms with Crippen molar-refractivity contribution in [3.8, 4) is 5.88 Å². The van der Waals surface area contributed by atoms with E-state index in [2.05, 4.69) is 15.1 Å². The summed E-state index contributed by atoms with van der Waals surface area (Å²) in [7, 11) is 1.50. The van der Waals surface area contributed by atoms with Crippen LogP contribution in [0.1, 0.15) is 29.7 Å². The monoisotopic (exact) mass is 348 g/mol. The normalized spacial score (nSPS) is 17.5. The largest absolute Gasteiger partial charge is 0.479 e. The highest BCUT2D eigenvalue weighted by Gasteiger charge is 2.30. The van der Waals surface area contributed by atoms with Gasteiger partial charge in [-0.1, -0.05) is 0 Å². The van der Waals surface area contributed by atoms with Gasteiger partial charge in [-0.2, -0.15) is 0 Å². The van der Waals surface area contributed by atoms with E-state index in [0.717, 1.165) is 0 Å². The molecular weight excluding hydrogens is 328 g/mol. The summed E-state index contributed by atoms with van der Waals surface area (Å²) in [5.74, 6) is 1.42. The molecule has 0 saturated carbocycles. The Bertz CT molecular complexity index is 800. The van der Waals surface area contributed by atoms with Gasteiger partial charge in [-0.25, -0.2) is 4.98 Å². The summed E-state index contributed by atoms with van der Waals surface area (Å²) in [6.07, 6.45) is 0.679. The summed E-state index contributed by atoms with van der Waals surface area (Å²) in [5, 5.41) is 3.72. The van der Waals surface area contributed by atoms with Crippen molar-refractivity contribution < 1.29 is 18.8 Å². The minimum atomic E-state index is -0.369. The Hall–Kier alpha value is -2.68. The first-order valence-corrected chi connectivity index (χ1v) is 8.01. The summed E-state index contributed by atoms with van der Waals surface area (Å²) < 4.78 is 15.6. The molecule has 0 bridgehead atoms. The van der Waals surface area contributed by atoms with E-state index < -0.39 is 0 Å². The van der Waals surface area contributed by atoms with Gasteiger partial charge in [-0.15, -0.1) is 0 Å². The smallest absolute Gasteiger partial charge is 0.254 e. The molecule has 1 aliphatic heterocycles. The van der Waals surface area contributed by atoms with Crippen molar-refractivity contribution in [2.75, 3.05) is 26.9 Å². The Balaban J connectivity index is 1.71. The number of methoxy groups -OCH3 is 1. The van der Waals surface area contributed by atoms with Crippen LogP contribution >= 0.6 is 0 Å². The summed E-state index contributed by atoms with van der Waals surface area (Å²) in [5.41, 5.74) is 0.296. The van der Waals surface area contributed by atoms with Gasteiger partial charge in [0, 0.05) is 31.5 Å². The Labute approximate surface area is 143 Å². The third-order valence-electron chi connectivity index (χ3n) is 4.00. The zero-order valence-electron chi connectivity index (χ0n) is 14.2. The quantitative estimate of drug-likeness (QED) is 0.842. The second kappa shape index (κ2) is 7.47. The molecule has 0 aliphatic carbocycles. The molecule has 1 N–H and O–H groups in total. The van der Waals surface area contributed by atoms with E-state index in [9.17, 15) is 9.59 Å². The van der Waals surface area contributed by atoms with E-state index >= 15 is 0 Å². The number of amides is 1. The van der Waals surface area contributed by atoms with Crippen LogP contribution in [-0.4, -0.2) is 52.8 Å². The number of H-pyrrole nitrogens is 1. The maximum Gasteiger partial charge on any atom is 0.254 e. The van der Waals surface area contributed by atoms with Crippen LogP contribution in [0.3, 0.4) is 0 Å². The highest BCUT2D eigenvalue weighted by atomic mass is 16.5. The zero-order valence-corrected chi connectivity index (χ0v) is 14.2. The zero-order chi connectivity index (χ0) is 17.8. The molecule has 0 radical (unpaired) electrons. The summed E-state index contributed by atoms with van der Waals surface area (Å²) in [6.45, 7) is 2.94. The fourth-order valence-electron chi connectivity index (χ4n) is 2.80. The molecule has 0 spiro atoms. The van der Waals surface area contributed by atoms with E-state index in [-0.39, 0.29) is 23.9 Å². The lowest BCUT2D eigenvalue weighted by Gasteiger charge is -2.35. The number of morpholine rings is 1. The molecule has 9 heteroatoms. The van der Waals surface area contributed by atoms with Gasteiger partial charge in [0.15, 0.2) is 0 Å². The van der Waals surface area contributed by atoms with Crippen LogP contribution in [0, 0.1) is 6.92 Å².